The van der Waals surface area contributed by atoms with Crippen molar-refractivity contribution in [3.05, 3.63) is 86.9 Å². The molecule has 0 unspecified atom stereocenters. The summed E-state index contributed by atoms with van der Waals surface area (Å²) in [4.78, 5) is 15.5. The van der Waals surface area contributed by atoms with Crippen LogP contribution in [0, 0.1) is 27.3 Å². The molecule has 0 radical (unpaired) electrons. The summed E-state index contributed by atoms with van der Waals surface area (Å²) in [7, 11) is 0. The molecule has 0 saturated heterocycles. The Morgan fingerprint density at radius 3 is 2.54 bits per heavy atom. The van der Waals surface area contributed by atoms with E-state index in [9.17, 15) is 4.79 Å². The van der Waals surface area contributed by atoms with Gasteiger partial charge >= 0.3 is 0 Å². The van der Waals surface area contributed by atoms with Gasteiger partial charge in [0.05, 0.1) is 12.3 Å². The average Bonchev–Trinajstić information content (AvgIpc) is 3.07. The van der Waals surface area contributed by atoms with Crippen LogP contribution >= 0.6 is 0 Å². The SMILES string of the molecule is [C-]#[N+]c1cccc(Cc2[nH]nc(NCc3cc(C)c(C)c(C)c3)c2C(N)=O)c1. The monoisotopic (exact) mass is 373 g/mol. The standard InChI is InChI=1S/C22H23N5O/c1-13-8-17(9-14(2)15(13)3)12-25-22-20(21(23)28)19(26-27-22)11-16-6-5-7-18(10-16)24-4/h5-10H,11-12H2,1-3H3,(H2,23,28)(H2,25,26,27). The van der Waals surface area contributed by atoms with Gasteiger partial charge in [0.2, 0.25) is 0 Å². The zero-order valence-corrected chi connectivity index (χ0v) is 16.3. The summed E-state index contributed by atoms with van der Waals surface area (Å²) in [6, 6.07) is 11.5. The molecule has 1 amide bonds. The zero-order chi connectivity index (χ0) is 20.3. The van der Waals surface area contributed by atoms with E-state index >= 15 is 0 Å². The fourth-order valence-electron chi connectivity index (χ4n) is 3.25. The van der Waals surface area contributed by atoms with Gasteiger partial charge in [-0.1, -0.05) is 42.0 Å². The van der Waals surface area contributed by atoms with Crippen LogP contribution in [0.4, 0.5) is 11.5 Å². The number of primary amides is 1. The zero-order valence-electron chi connectivity index (χ0n) is 16.3. The van der Waals surface area contributed by atoms with Gasteiger partial charge in [0.25, 0.3) is 5.91 Å². The number of nitrogens with two attached hydrogens (primary N) is 1. The highest BCUT2D eigenvalue weighted by Gasteiger charge is 2.18. The van der Waals surface area contributed by atoms with Gasteiger partial charge in [-0.05, 0) is 43.0 Å². The van der Waals surface area contributed by atoms with E-state index in [1.54, 1.807) is 12.1 Å². The van der Waals surface area contributed by atoms with E-state index in [1.807, 2.05) is 12.1 Å². The highest BCUT2D eigenvalue weighted by molar-refractivity contribution is 5.99. The van der Waals surface area contributed by atoms with Gasteiger partial charge in [-0.2, -0.15) is 5.10 Å². The molecule has 4 N–H and O–H groups in total. The molecule has 0 atom stereocenters. The van der Waals surface area contributed by atoms with Crippen LogP contribution in [0.1, 0.15) is 43.9 Å². The second kappa shape index (κ2) is 7.97. The molecule has 0 bridgehead atoms. The van der Waals surface area contributed by atoms with E-state index in [0.717, 1.165) is 11.1 Å². The third kappa shape index (κ3) is 4.04. The quantitative estimate of drug-likeness (QED) is 0.566. The molecule has 142 valence electrons. The summed E-state index contributed by atoms with van der Waals surface area (Å²) >= 11 is 0. The number of carbonyl (C=O) groups is 1. The molecule has 3 aromatic rings. The summed E-state index contributed by atoms with van der Waals surface area (Å²) in [6.45, 7) is 14.0. The molecule has 0 spiro atoms. The molecular weight excluding hydrogens is 350 g/mol. The Hall–Kier alpha value is -3.59. The first-order valence-corrected chi connectivity index (χ1v) is 9.03. The maximum Gasteiger partial charge on any atom is 0.254 e. The van der Waals surface area contributed by atoms with Crippen LogP contribution in [0.2, 0.25) is 0 Å². The Kier molecular flexibility index (Phi) is 5.46. The largest absolute Gasteiger partial charge is 0.365 e. The number of nitrogens with zero attached hydrogens (tertiary/aromatic N) is 2. The van der Waals surface area contributed by atoms with Crippen LogP contribution in [0.15, 0.2) is 36.4 Å². The van der Waals surface area contributed by atoms with Crippen molar-refractivity contribution in [2.24, 2.45) is 5.73 Å². The summed E-state index contributed by atoms with van der Waals surface area (Å²) in [5, 5.41) is 10.4. The number of hydrogen-bond donors (Lipinski definition) is 3. The first kappa shape index (κ1) is 19.2. The minimum atomic E-state index is -0.538. The first-order chi connectivity index (χ1) is 13.4. The number of carbonyl (C=O) groups excluding carboxylic acids is 1. The Morgan fingerprint density at radius 1 is 1.18 bits per heavy atom. The predicted octanol–water partition coefficient (Wildman–Crippen LogP) is 4.19. The predicted molar refractivity (Wildman–Crippen MR) is 111 cm³/mol. The molecule has 0 fully saturated rings. The molecule has 0 saturated carbocycles. The lowest BCUT2D eigenvalue weighted by Crippen LogP contribution is -2.15. The first-order valence-electron chi connectivity index (χ1n) is 9.03. The van der Waals surface area contributed by atoms with Gasteiger partial charge in [-0.15, -0.1) is 0 Å². The summed E-state index contributed by atoms with van der Waals surface area (Å²) < 4.78 is 0. The second-order valence-corrected chi connectivity index (χ2v) is 6.96. The average molecular weight is 373 g/mol. The van der Waals surface area contributed by atoms with E-state index in [-0.39, 0.29) is 0 Å². The van der Waals surface area contributed by atoms with Crippen molar-refractivity contribution < 1.29 is 4.79 Å². The third-order valence-corrected chi connectivity index (χ3v) is 4.95. The number of hydrogen-bond acceptors (Lipinski definition) is 3. The lowest BCUT2D eigenvalue weighted by molar-refractivity contribution is 0.100. The van der Waals surface area contributed by atoms with E-state index in [1.165, 1.54) is 16.7 Å². The summed E-state index contributed by atoms with van der Waals surface area (Å²) in [5.74, 6) is -0.0939. The Morgan fingerprint density at radius 2 is 1.89 bits per heavy atom. The fourth-order valence-corrected chi connectivity index (χ4v) is 3.25. The van der Waals surface area contributed by atoms with Crippen molar-refractivity contribution in [2.45, 2.75) is 33.7 Å². The maximum atomic E-state index is 12.1. The molecule has 0 aliphatic rings. The lowest BCUT2D eigenvalue weighted by Gasteiger charge is -2.10. The van der Waals surface area contributed by atoms with Crippen LogP contribution in [-0.2, 0) is 13.0 Å². The Balaban J connectivity index is 1.83. The van der Waals surface area contributed by atoms with E-state index in [0.29, 0.717) is 35.7 Å². The van der Waals surface area contributed by atoms with Crippen LogP contribution in [0.3, 0.4) is 0 Å². The van der Waals surface area contributed by atoms with E-state index < -0.39 is 5.91 Å². The number of amides is 1. The topological polar surface area (TPSA) is 88.2 Å². The van der Waals surface area contributed by atoms with Crippen LogP contribution in [-0.4, -0.2) is 16.1 Å². The molecule has 6 nitrogen and oxygen atoms in total. The molecule has 1 heterocycles. The highest BCUT2D eigenvalue weighted by Crippen LogP contribution is 2.23. The minimum Gasteiger partial charge on any atom is -0.365 e. The number of rotatable bonds is 6. The molecule has 2 aromatic carbocycles. The lowest BCUT2D eigenvalue weighted by atomic mass is 10.0. The number of aromatic amines is 1. The number of H-pyrrole nitrogens is 1. The van der Waals surface area contributed by atoms with Crippen LogP contribution < -0.4 is 11.1 Å². The van der Waals surface area contributed by atoms with Crippen molar-refractivity contribution in [1.29, 1.82) is 0 Å². The van der Waals surface area contributed by atoms with Gasteiger partial charge in [-0.25, -0.2) is 4.85 Å². The van der Waals surface area contributed by atoms with E-state index in [4.69, 9.17) is 12.3 Å². The fraction of sp³-hybridized carbons (Fsp3) is 0.227. The molecular formula is C22H23N5O. The smallest absolute Gasteiger partial charge is 0.254 e. The van der Waals surface area contributed by atoms with Crippen LogP contribution in [0.5, 0.6) is 0 Å². The number of nitrogens with one attached hydrogen (secondary N) is 2. The van der Waals surface area contributed by atoms with Gasteiger partial charge < -0.3 is 11.1 Å². The highest BCUT2D eigenvalue weighted by atomic mass is 16.1. The van der Waals surface area contributed by atoms with Gasteiger partial charge in [0, 0.05) is 13.0 Å². The third-order valence-electron chi connectivity index (χ3n) is 4.95. The van der Waals surface area contributed by atoms with Crippen molar-refractivity contribution >= 4 is 17.4 Å². The van der Waals surface area contributed by atoms with E-state index in [2.05, 4.69) is 53.3 Å². The Bertz CT molecular complexity index is 1050. The molecule has 28 heavy (non-hydrogen) atoms. The van der Waals surface area contributed by atoms with Crippen molar-refractivity contribution in [3.63, 3.8) is 0 Å². The van der Waals surface area contributed by atoms with Crippen molar-refractivity contribution in [3.8, 4) is 0 Å². The Labute approximate surface area is 164 Å². The summed E-state index contributed by atoms with van der Waals surface area (Å²) in [5.41, 5.74) is 12.9. The number of aromatic nitrogens is 2. The molecule has 1 aromatic heterocycles. The van der Waals surface area contributed by atoms with Gasteiger partial charge in [0.15, 0.2) is 11.5 Å². The second-order valence-electron chi connectivity index (χ2n) is 6.96. The van der Waals surface area contributed by atoms with Crippen molar-refractivity contribution in [2.75, 3.05) is 5.32 Å². The molecule has 0 aliphatic carbocycles. The molecule has 0 aliphatic heterocycles. The summed E-state index contributed by atoms with van der Waals surface area (Å²) in [6.07, 6.45) is 0.444. The van der Waals surface area contributed by atoms with Crippen LogP contribution in [0.25, 0.3) is 4.85 Å². The molecule has 6 heteroatoms. The number of aryl methyl sites for hydroxylation is 2. The maximum absolute atomic E-state index is 12.1. The number of benzene rings is 2. The van der Waals surface area contributed by atoms with Gasteiger partial charge in [0.1, 0.15) is 5.56 Å². The minimum absolute atomic E-state index is 0.355. The van der Waals surface area contributed by atoms with Crippen molar-refractivity contribution in [1.82, 2.24) is 10.2 Å². The van der Waals surface area contributed by atoms with Gasteiger partial charge in [-0.3, -0.25) is 9.89 Å². The molecule has 3 rings (SSSR count). The normalized spacial score (nSPS) is 10.5. The number of anilines is 1.